The molecule has 0 atom stereocenters. The number of nitrogens with one attached hydrogen (secondary N) is 1. The van der Waals surface area contributed by atoms with Gasteiger partial charge in [0.05, 0.1) is 0 Å². The Morgan fingerprint density at radius 1 is 1.17 bits per heavy atom. The van der Waals surface area contributed by atoms with Gasteiger partial charge in [-0.15, -0.1) is 0 Å². The van der Waals surface area contributed by atoms with Crippen LogP contribution in [0.25, 0.3) is 0 Å². The Hall–Kier alpha value is -1.32. The zero-order valence-electron chi connectivity index (χ0n) is 12.7. The highest BCUT2D eigenvalue weighted by Crippen LogP contribution is 2.25. The summed E-state index contributed by atoms with van der Waals surface area (Å²) in [5, 5.41) is 3.16. The lowest BCUT2D eigenvalue weighted by Gasteiger charge is -2.24. The second-order valence-electron chi connectivity index (χ2n) is 5.56. The SMILES string of the molecule is CNc1nc(C(C)C)nc(N(C)CC(C)C)c1C. The topological polar surface area (TPSA) is 41.1 Å². The van der Waals surface area contributed by atoms with E-state index < -0.39 is 0 Å². The van der Waals surface area contributed by atoms with E-state index in [0.29, 0.717) is 11.8 Å². The third kappa shape index (κ3) is 3.34. The number of rotatable bonds is 5. The van der Waals surface area contributed by atoms with E-state index in [0.717, 1.165) is 29.6 Å². The van der Waals surface area contributed by atoms with Crippen molar-refractivity contribution in [1.29, 1.82) is 0 Å². The van der Waals surface area contributed by atoms with Gasteiger partial charge in [-0.3, -0.25) is 0 Å². The standard InChI is InChI=1S/C14H26N4/c1-9(2)8-18(7)14-11(5)13(15-6)16-12(17-14)10(3)4/h9-10H,8H2,1-7H3,(H,15,16,17). The summed E-state index contributed by atoms with van der Waals surface area (Å²) in [5.41, 5.74) is 1.12. The maximum Gasteiger partial charge on any atom is 0.137 e. The number of hydrogen-bond acceptors (Lipinski definition) is 4. The van der Waals surface area contributed by atoms with Gasteiger partial charge in [0, 0.05) is 32.1 Å². The molecular formula is C14H26N4. The minimum absolute atomic E-state index is 0.337. The number of anilines is 2. The van der Waals surface area contributed by atoms with Crippen molar-refractivity contribution in [3.8, 4) is 0 Å². The monoisotopic (exact) mass is 250 g/mol. The molecule has 1 aromatic rings. The molecule has 0 saturated carbocycles. The van der Waals surface area contributed by atoms with Crippen molar-refractivity contribution < 1.29 is 0 Å². The Morgan fingerprint density at radius 2 is 1.78 bits per heavy atom. The molecule has 0 aliphatic carbocycles. The lowest BCUT2D eigenvalue weighted by molar-refractivity contribution is 0.630. The van der Waals surface area contributed by atoms with Crippen molar-refractivity contribution in [3.05, 3.63) is 11.4 Å². The van der Waals surface area contributed by atoms with Crippen molar-refractivity contribution in [3.63, 3.8) is 0 Å². The first-order valence-corrected chi connectivity index (χ1v) is 6.64. The molecule has 0 aliphatic heterocycles. The average Bonchev–Trinajstić information content (AvgIpc) is 2.27. The normalized spacial score (nSPS) is 11.2. The van der Waals surface area contributed by atoms with Crippen LogP contribution in [0.2, 0.25) is 0 Å². The summed E-state index contributed by atoms with van der Waals surface area (Å²) in [6.07, 6.45) is 0. The van der Waals surface area contributed by atoms with Crippen LogP contribution in [-0.2, 0) is 0 Å². The summed E-state index contributed by atoms with van der Waals surface area (Å²) >= 11 is 0. The minimum atomic E-state index is 0.337. The van der Waals surface area contributed by atoms with Crippen LogP contribution in [0.5, 0.6) is 0 Å². The summed E-state index contributed by atoms with van der Waals surface area (Å²) in [6, 6.07) is 0. The van der Waals surface area contributed by atoms with Crippen molar-refractivity contribution in [2.75, 3.05) is 30.9 Å². The summed E-state index contributed by atoms with van der Waals surface area (Å²) < 4.78 is 0. The smallest absolute Gasteiger partial charge is 0.137 e. The largest absolute Gasteiger partial charge is 0.373 e. The number of nitrogens with zero attached hydrogens (tertiary/aromatic N) is 3. The van der Waals surface area contributed by atoms with Crippen molar-refractivity contribution in [2.24, 2.45) is 5.92 Å². The summed E-state index contributed by atoms with van der Waals surface area (Å²) in [4.78, 5) is 11.5. The maximum absolute atomic E-state index is 4.71. The first-order valence-electron chi connectivity index (χ1n) is 6.64. The third-order valence-electron chi connectivity index (χ3n) is 2.89. The molecule has 4 nitrogen and oxygen atoms in total. The predicted octanol–water partition coefficient (Wildman–Crippen LogP) is 3.04. The summed E-state index contributed by atoms with van der Waals surface area (Å²) in [6.45, 7) is 11.7. The quantitative estimate of drug-likeness (QED) is 0.872. The Balaban J connectivity index is 3.20. The van der Waals surface area contributed by atoms with Crippen LogP contribution in [0.3, 0.4) is 0 Å². The van der Waals surface area contributed by atoms with Crippen LogP contribution < -0.4 is 10.2 Å². The highest BCUT2D eigenvalue weighted by atomic mass is 15.2. The summed E-state index contributed by atoms with van der Waals surface area (Å²) in [5.74, 6) is 3.82. The van der Waals surface area contributed by atoms with E-state index in [1.54, 1.807) is 0 Å². The molecule has 0 saturated heterocycles. The third-order valence-corrected chi connectivity index (χ3v) is 2.89. The molecule has 0 aliphatic rings. The fourth-order valence-corrected chi connectivity index (χ4v) is 2.03. The van der Waals surface area contributed by atoms with Gasteiger partial charge in [-0.25, -0.2) is 9.97 Å². The van der Waals surface area contributed by atoms with E-state index in [4.69, 9.17) is 4.98 Å². The van der Waals surface area contributed by atoms with Crippen LogP contribution in [0, 0.1) is 12.8 Å². The van der Waals surface area contributed by atoms with Gasteiger partial charge in [0.1, 0.15) is 17.5 Å². The molecule has 0 bridgehead atoms. The predicted molar refractivity (Wildman–Crippen MR) is 78.5 cm³/mol. The van der Waals surface area contributed by atoms with E-state index in [9.17, 15) is 0 Å². The number of aromatic nitrogens is 2. The van der Waals surface area contributed by atoms with Gasteiger partial charge in [0.25, 0.3) is 0 Å². The lowest BCUT2D eigenvalue weighted by atomic mass is 10.1. The lowest BCUT2D eigenvalue weighted by Crippen LogP contribution is -2.25. The van der Waals surface area contributed by atoms with Gasteiger partial charge in [-0.05, 0) is 12.8 Å². The molecule has 0 amide bonds. The molecule has 0 aromatic carbocycles. The fraction of sp³-hybridized carbons (Fsp3) is 0.714. The van der Waals surface area contributed by atoms with Crippen LogP contribution in [0.15, 0.2) is 0 Å². The second-order valence-corrected chi connectivity index (χ2v) is 5.56. The van der Waals surface area contributed by atoms with Gasteiger partial charge in [0.2, 0.25) is 0 Å². The average molecular weight is 250 g/mol. The molecule has 1 N–H and O–H groups in total. The Labute approximate surface area is 111 Å². The Kier molecular flexibility index (Phi) is 4.93. The van der Waals surface area contributed by atoms with Crippen LogP contribution in [0.1, 0.15) is 45.0 Å². The molecule has 0 spiro atoms. The minimum Gasteiger partial charge on any atom is -0.373 e. The van der Waals surface area contributed by atoms with Gasteiger partial charge in [0.15, 0.2) is 0 Å². The van der Waals surface area contributed by atoms with Gasteiger partial charge in [-0.2, -0.15) is 0 Å². The van der Waals surface area contributed by atoms with Crippen molar-refractivity contribution >= 4 is 11.6 Å². The number of hydrogen-bond donors (Lipinski definition) is 1. The Morgan fingerprint density at radius 3 is 2.22 bits per heavy atom. The maximum atomic E-state index is 4.71. The van der Waals surface area contributed by atoms with E-state index in [2.05, 4.69) is 56.9 Å². The van der Waals surface area contributed by atoms with Gasteiger partial charge in [-0.1, -0.05) is 27.7 Å². The van der Waals surface area contributed by atoms with Gasteiger partial charge >= 0.3 is 0 Å². The molecule has 102 valence electrons. The molecule has 0 radical (unpaired) electrons. The first kappa shape index (κ1) is 14.7. The van der Waals surface area contributed by atoms with Crippen LogP contribution in [-0.4, -0.2) is 30.6 Å². The van der Waals surface area contributed by atoms with E-state index in [1.165, 1.54) is 0 Å². The molecule has 4 heteroatoms. The molecule has 1 heterocycles. The zero-order chi connectivity index (χ0) is 13.9. The highest BCUT2D eigenvalue weighted by molar-refractivity contribution is 5.58. The van der Waals surface area contributed by atoms with Gasteiger partial charge < -0.3 is 10.2 Å². The second kappa shape index (κ2) is 6.03. The van der Waals surface area contributed by atoms with E-state index in [-0.39, 0.29) is 0 Å². The highest BCUT2D eigenvalue weighted by Gasteiger charge is 2.15. The zero-order valence-corrected chi connectivity index (χ0v) is 12.7. The fourth-order valence-electron chi connectivity index (χ4n) is 2.03. The first-order chi connectivity index (χ1) is 8.36. The molecule has 0 fully saturated rings. The Bertz CT molecular complexity index is 399. The van der Waals surface area contributed by atoms with Crippen LogP contribution >= 0.6 is 0 Å². The van der Waals surface area contributed by atoms with Crippen LogP contribution in [0.4, 0.5) is 11.6 Å². The molecular weight excluding hydrogens is 224 g/mol. The molecule has 0 unspecified atom stereocenters. The van der Waals surface area contributed by atoms with Crippen molar-refractivity contribution in [1.82, 2.24) is 9.97 Å². The van der Waals surface area contributed by atoms with E-state index >= 15 is 0 Å². The molecule has 1 rings (SSSR count). The van der Waals surface area contributed by atoms with Crippen molar-refractivity contribution in [2.45, 2.75) is 40.5 Å². The summed E-state index contributed by atoms with van der Waals surface area (Å²) in [7, 11) is 4.00. The molecule has 1 aromatic heterocycles. The molecule has 18 heavy (non-hydrogen) atoms. The van der Waals surface area contributed by atoms with E-state index in [1.807, 2.05) is 7.05 Å².